The Kier molecular flexibility index (Phi) is 2.69. The molecule has 0 aromatic rings. The van der Waals surface area contributed by atoms with Gasteiger partial charge in [0.25, 0.3) is 0 Å². The highest BCUT2D eigenvalue weighted by Gasteiger charge is 2.43. The number of hydrogen-bond donors (Lipinski definition) is 2. The fraction of sp³-hybridized carbons (Fsp3) is 0.875. The van der Waals surface area contributed by atoms with Gasteiger partial charge >= 0.3 is 5.97 Å². The Labute approximate surface area is 71.9 Å². The summed E-state index contributed by atoms with van der Waals surface area (Å²) in [6, 6.07) is 0. The Morgan fingerprint density at radius 2 is 2.50 bits per heavy atom. The van der Waals surface area contributed by atoms with Crippen LogP contribution in [0, 0.1) is 11.3 Å². The molecule has 0 bridgehead atoms. The summed E-state index contributed by atoms with van der Waals surface area (Å²) in [6.45, 7) is 3.71. The van der Waals surface area contributed by atoms with Gasteiger partial charge in [0.2, 0.25) is 0 Å². The molecular weight excluding hydrogens is 158 g/mol. The van der Waals surface area contributed by atoms with Gasteiger partial charge in [0, 0.05) is 25.6 Å². The van der Waals surface area contributed by atoms with Crippen molar-refractivity contribution in [2.75, 3.05) is 26.8 Å². The number of carboxylic acid groups (broad SMARTS) is 1. The summed E-state index contributed by atoms with van der Waals surface area (Å²) >= 11 is 0. The van der Waals surface area contributed by atoms with Gasteiger partial charge in [-0.2, -0.15) is 0 Å². The third-order valence-electron chi connectivity index (χ3n) is 2.49. The van der Waals surface area contributed by atoms with Crippen LogP contribution >= 0.6 is 0 Å². The molecule has 0 aromatic carbocycles. The van der Waals surface area contributed by atoms with Gasteiger partial charge in [-0.3, -0.25) is 4.79 Å². The Bertz CT molecular complexity index is 183. The lowest BCUT2D eigenvalue weighted by molar-refractivity contribution is -0.145. The fourth-order valence-corrected chi connectivity index (χ4v) is 1.74. The molecule has 0 amide bonds. The van der Waals surface area contributed by atoms with E-state index in [4.69, 9.17) is 9.84 Å². The van der Waals surface area contributed by atoms with Gasteiger partial charge in [-0.15, -0.1) is 0 Å². The third kappa shape index (κ3) is 1.59. The number of nitrogens with one attached hydrogen (secondary N) is 1. The van der Waals surface area contributed by atoms with Crippen LogP contribution in [-0.4, -0.2) is 37.9 Å². The molecule has 0 aromatic heterocycles. The topological polar surface area (TPSA) is 58.6 Å². The van der Waals surface area contributed by atoms with Crippen molar-refractivity contribution in [3.05, 3.63) is 0 Å². The van der Waals surface area contributed by atoms with Crippen molar-refractivity contribution < 1.29 is 14.6 Å². The summed E-state index contributed by atoms with van der Waals surface area (Å²) in [5, 5.41) is 11.9. The Morgan fingerprint density at radius 3 is 3.00 bits per heavy atom. The van der Waals surface area contributed by atoms with Gasteiger partial charge in [0.05, 0.1) is 12.5 Å². The molecule has 1 aliphatic heterocycles. The van der Waals surface area contributed by atoms with Crippen LogP contribution in [-0.2, 0) is 9.53 Å². The molecule has 4 nitrogen and oxygen atoms in total. The molecule has 1 rings (SSSR count). The molecule has 0 spiro atoms. The van der Waals surface area contributed by atoms with Crippen LogP contribution in [0.2, 0.25) is 0 Å². The van der Waals surface area contributed by atoms with Crippen LogP contribution in [0.4, 0.5) is 0 Å². The second-order valence-electron chi connectivity index (χ2n) is 3.61. The zero-order valence-corrected chi connectivity index (χ0v) is 7.46. The number of rotatable bonds is 3. The summed E-state index contributed by atoms with van der Waals surface area (Å²) in [5.74, 6) is -1.06. The van der Waals surface area contributed by atoms with Gasteiger partial charge in [0.1, 0.15) is 0 Å². The van der Waals surface area contributed by atoms with E-state index in [1.165, 1.54) is 0 Å². The van der Waals surface area contributed by atoms with E-state index in [9.17, 15) is 4.79 Å². The maximum atomic E-state index is 10.8. The van der Waals surface area contributed by atoms with E-state index in [2.05, 4.69) is 5.32 Å². The van der Waals surface area contributed by atoms with E-state index in [-0.39, 0.29) is 11.3 Å². The smallest absolute Gasteiger partial charge is 0.308 e. The van der Waals surface area contributed by atoms with E-state index in [1.807, 2.05) is 6.92 Å². The van der Waals surface area contributed by atoms with Crippen LogP contribution < -0.4 is 5.32 Å². The minimum atomic E-state index is -0.737. The van der Waals surface area contributed by atoms with Crippen LogP contribution in [0.15, 0.2) is 0 Å². The lowest BCUT2D eigenvalue weighted by Crippen LogP contribution is -2.36. The van der Waals surface area contributed by atoms with E-state index >= 15 is 0 Å². The SMILES string of the molecule is COCC1(C)CNCC1C(=O)O. The molecule has 2 atom stereocenters. The van der Waals surface area contributed by atoms with Crippen molar-refractivity contribution >= 4 is 5.97 Å². The number of hydrogen-bond acceptors (Lipinski definition) is 3. The minimum Gasteiger partial charge on any atom is -0.481 e. The highest BCUT2D eigenvalue weighted by Crippen LogP contribution is 2.31. The Morgan fingerprint density at radius 1 is 1.83 bits per heavy atom. The second kappa shape index (κ2) is 3.41. The van der Waals surface area contributed by atoms with Crippen LogP contribution in [0.5, 0.6) is 0 Å². The van der Waals surface area contributed by atoms with Crippen molar-refractivity contribution in [1.82, 2.24) is 5.32 Å². The van der Waals surface area contributed by atoms with Crippen molar-refractivity contribution in [2.45, 2.75) is 6.92 Å². The predicted octanol–water partition coefficient (Wildman–Crippen LogP) is -0.0569. The molecule has 1 heterocycles. The molecule has 1 saturated heterocycles. The lowest BCUT2D eigenvalue weighted by atomic mass is 9.81. The number of aliphatic carboxylic acids is 1. The third-order valence-corrected chi connectivity index (χ3v) is 2.49. The Hall–Kier alpha value is -0.610. The van der Waals surface area contributed by atoms with Crippen molar-refractivity contribution in [1.29, 1.82) is 0 Å². The first-order chi connectivity index (χ1) is 5.60. The van der Waals surface area contributed by atoms with Crippen molar-refractivity contribution in [3.8, 4) is 0 Å². The average molecular weight is 173 g/mol. The van der Waals surface area contributed by atoms with Crippen LogP contribution in [0.1, 0.15) is 6.92 Å². The summed E-state index contributed by atoms with van der Waals surface area (Å²) in [5.41, 5.74) is -0.249. The van der Waals surface area contributed by atoms with E-state index in [0.717, 1.165) is 6.54 Å². The van der Waals surface area contributed by atoms with E-state index in [1.54, 1.807) is 7.11 Å². The lowest BCUT2D eigenvalue weighted by Gasteiger charge is -2.26. The summed E-state index contributed by atoms with van der Waals surface area (Å²) < 4.78 is 5.01. The first-order valence-corrected chi connectivity index (χ1v) is 4.02. The second-order valence-corrected chi connectivity index (χ2v) is 3.61. The quantitative estimate of drug-likeness (QED) is 0.628. The van der Waals surface area contributed by atoms with Crippen LogP contribution in [0.3, 0.4) is 0 Å². The van der Waals surface area contributed by atoms with Gasteiger partial charge in [0.15, 0.2) is 0 Å². The monoisotopic (exact) mass is 173 g/mol. The molecule has 0 radical (unpaired) electrons. The first kappa shape index (κ1) is 9.48. The van der Waals surface area contributed by atoms with Gasteiger partial charge < -0.3 is 15.2 Å². The molecular formula is C8H15NO3. The van der Waals surface area contributed by atoms with Crippen molar-refractivity contribution in [2.24, 2.45) is 11.3 Å². The molecule has 1 aliphatic rings. The van der Waals surface area contributed by atoms with Gasteiger partial charge in [-0.1, -0.05) is 6.92 Å². The summed E-state index contributed by atoms with van der Waals surface area (Å²) in [6.07, 6.45) is 0. The normalized spacial score (nSPS) is 35.3. The zero-order chi connectivity index (χ0) is 9.19. The van der Waals surface area contributed by atoms with Gasteiger partial charge in [-0.05, 0) is 0 Å². The maximum Gasteiger partial charge on any atom is 0.308 e. The number of methoxy groups -OCH3 is 1. The number of carbonyl (C=O) groups is 1. The molecule has 1 fully saturated rings. The molecule has 2 unspecified atom stereocenters. The number of ether oxygens (including phenoxy) is 1. The highest BCUT2D eigenvalue weighted by molar-refractivity contribution is 5.71. The summed E-state index contributed by atoms with van der Waals surface area (Å²) in [4.78, 5) is 10.8. The Balaban J connectivity index is 2.67. The highest BCUT2D eigenvalue weighted by atomic mass is 16.5. The summed E-state index contributed by atoms with van der Waals surface area (Å²) in [7, 11) is 1.60. The largest absolute Gasteiger partial charge is 0.481 e. The van der Waals surface area contributed by atoms with E-state index < -0.39 is 5.97 Å². The van der Waals surface area contributed by atoms with Crippen LogP contribution in [0.25, 0.3) is 0 Å². The molecule has 0 aliphatic carbocycles. The molecule has 2 N–H and O–H groups in total. The van der Waals surface area contributed by atoms with Crippen molar-refractivity contribution in [3.63, 3.8) is 0 Å². The van der Waals surface area contributed by atoms with Gasteiger partial charge in [-0.25, -0.2) is 0 Å². The standard InChI is InChI=1S/C8H15NO3/c1-8(5-12-2)4-9-3-6(8)7(10)11/h6,9H,3-5H2,1-2H3,(H,10,11). The fourth-order valence-electron chi connectivity index (χ4n) is 1.74. The predicted molar refractivity (Wildman–Crippen MR) is 44.0 cm³/mol. The molecule has 12 heavy (non-hydrogen) atoms. The zero-order valence-electron chi connectivity index (χ0n) is 7.46. The first-order valence-electron chi connectivity index (χ1n) is 4.02. The number of carboxylic acids is 1. The average Bonchev–Trinajstić information content (AvgIpc) is 2.32. The molecule has 0 saturated carbocycles. The maximum absolute atomic E-state index is 10.8. The minimum absolute atomic E-state index is 0.249. The molecule has 4 heteroatoms. The van der Waals surface area contributed by atoms with E-state index in [0.29, 0.717) is 13.2 Å². The molecule has 70 valence electrons.